The largest absolute Gasteiger partial charge is 0.401 e. The first kappa shape index (κ1) is 18.4. The molecule has 0 aliphatic heterocycles. The van der Waals surface area contributed by atoms with Crippen LogP contribution in [-0.2, 0) is 9.22 Å². The van der Waals surface area contributed by atoms with Crippen molar-refractivity contribution in [3.05, 3.63) is 73.3 Å². The highest BCUT2D eigenvalue weighted by Gasteiger charge is 2.51. The summed E-state index contributed by atoms with van der Waals surface area (Å²) in [4.78, 5) is 11.1. The first-order valence-corrected chi connectivity index (χ1v) is 10.2. The van der Waals surface area contributed by atoms with Crippen LogP contribution in [0.15, 0.2) is 73.3 Å². The van der Waals surface area contributed by atoms with E-state index in [0.29, 0.717) is 6.42 Å². The summed E-state index contributed by atoms with van der Waals surface area (Å²) in [6, 6.07) is 20.8. The summed E-state index contributed by atoms with van der Waals surface area (Å²) in [6.07, 6.45) is 2.69. The lowest BCUT2D eigenvalue weighted by molar-refractivity contribution is -0.108. The van der Waals surface area contributed by atoms with Crippen molar-refractivity contribution in [2.75, 3.05) is 0 Å². The van der Waals surface area contributed by atoms with Gasteiger partial charge in [-0.15, -0.1) is 6.58 Å². The predicted molar refractivity (Wildman–Crippen MR) is 103 cm³/mol. The minimum atomic E-state index is -2.60. The van der Waals surface area contributed by atoms with Gasteiger partial charge >= 0.3 is 0 Å². The van der Waals surface area contributed by atoms with E-state index in [2.05, 4.69) is 75.9 Å². The van der Waals surface area contributed by atoms with Gasteiger partial charge in [-0.1, -0.05) is 87.5 Å². The summed E-state index contributed by atoms with van der Waals surface area (Å²) in [5.41, 5.74) is 0. The van der Waals surface area contributed by atoms with E-state index in [1.54, 1.807) is 6.08 Å². The van der Waals surface area contributed by atoms with Crippen LogP contribution in [0.3, 0.4) is 0 Å². The Balaban J connectivity index is 2.70. The number of aldehydes is 1. The van der Waals surface area contributed by atoms with E-state index in [0.717, 1.165) is 6.29 Å². The molecule has 24 heavy (non-hydrogen) atoms. The molecule has 0 amide bonds. The monoisotopic (exact) mass is 338 g/mol. The molecule has 1 atom stereocenters. The summed E-state index contributed by atoms with van der Waals surface area (Å²) in [5, 5.41) is 2.32. The van der Waals surface area contributed by atoms with Crippen LogP contribution in [0.1, 0.15) is 27.2 Å². The lowest BCUT2D eigenvalue weighted by Gasteiger charge is -2.44. The van der Waals surface area contributed by atoms with Gasteiger partial charge in [0.2, 0.25) is 0 Å². The second-order valence-corrected chi connectivity index (χ2v) is 11.2. The summed E-state index contributed by atoms with van der Waals surface area (Å²) in [7, 11) is -2.60. The van der Waals surface area contributed by atoms with E-state index in [4.69, 9.17) is 4.43 Å². The van der Waals surface area contributed by atoms with Crippen molar-refractivity contribution in [3.8, 4) is 0 Å². The van der Waals surface area contributed by atoms with Gasteiger partial charge in [-0.2, -0.15) is 0 Å². The van der Waals surface area contributed by atoms with Crippen molar-refractivity contribution in [2.45, 2.75) is 38.3 Å². The Kier molecular flexibility index (Phi) is 5.92. The normalized spacial score (nSPS) is 13.3. The number of carbonyl (C=O) groups excluding carboxylic acids is 1. The van der Waals surface area contributed by atoms with E-state index in [1.807, 2.05) is 12.1 Å². The molecule has 126 valence electrons. The van der Waals surface area contributed by atoms with Crippen molar-refractivity contribution in [3.63, 3.8) is 0 Å². The van der Waals surface area contributed by atoms with Gasteiger partial charge in [0.1, 0.15) is 6.29 Å². The van der Waals surface area contributed by atoms with E-state index in [9.17, 15) is 4.79 Å². The standard InChI is InChI=1S/C21H26O2Si/c1-5-18(16-17-22)23-24(21(2,3)4,19-12-8-6-9-13-19)20-14-10-7-11-15-20/h5-15,17-18H,1,16H2,2-4H3. The molecule has 2 nitrogen and oxygen atoms in total. The number of carbonyl (C=O) groups is 1. The van der Waals surface area contributed by atoms with Crippen molar-refractivity contribution in [1.82, 2.24) is 0 Å². The average molecular weight is 339 g/mol. The van der Waals surface area contributed by atoms with Crippen molar-refractivity contribution in [2.24, 2.45) is 0 Å². The molecule has 2 rings (SSSR count). The molecular weight excluding hydrogens is 312 g/mol. The Labute approximate surface area is 146 Å². The van der Waals surface area contributed by atoms with Crippen LogP contribution < -0.4 is 10.4 Å². The molecule has 0 saturated heterocycles. The molecule has 3 heteroatoms. The third-order valence-corrected chi connectivity index (χ3v) is 9.40. The topological polar surface area (TPSA) is 26.3 Å². The Bertz CT molecular complexity index is 620. The molecule has 0 N–H and O–H groups in total. The summed E-state index contributed by atoms with van der Waals surface area (Å²) in [6.45, 7) is 10.5. The van der Waals surface area contributed by atoms with Gasteiger partial charge in [-0.05, 0) is 15.4 Å². The van der Waals surface area contributed by atoms with Gasteiger partial charge in [-0.3, -0.25) is 0 Å². The predicted octanol–water partition coefficient (Wildman–Crippen LogP) is 3.71. The van der Waals surface area contributed by atoms with Crippen molar-refractivity contribution < 1.29 is 9.22 Å². The third-order valence-electron chi connectivity index (χ3n) is 4.34. The summed E-state index contributed by atoms with van der Waals surface area (Å²) >= 11 is 0. The molecule has 0 aliphatic carbocycles. The molecule has 2 aromatic rings. The third kappa shape index (κ3) is 3.58. The maximum absolute atomic E-state index is 11.1. The molecule has 0 bridgehead atoms. The zero-order valence-corrected chi connectivity index (χ0v) is 15.7. The number of hydrogen-bond donors (Lipinski definition) is 0. The van der Waals surface area contributed by atoms with E-state index >= 15 is 0 Å². The molecule has 1 unspecified atom stereocenters. The van der Waals surface area contributed by atoms with Gasteiger partial charge in [0.25, 0.3) is 8.32 Å². The molecule has 0 saturated carbocycles. The Morgan fingerprint density at radius 1 is 1.00 bits per heavy atom. The Morgan fingerprint density at radius 3 is 1.79 bits per heavy atom. The summed E-state index contributed by atoms with van der Waals surface area (Å²) in [5.74, 6) is 0. The zero-order valence-electron chi connectivity index (χ0n) is 14.7. The smallest absolute Gasteiger partial charge is 0.261 e. The van der Waals surface area contributed by atoms with Crippen LogP contribution in [0, 0.1) is 0 Å². The van der Waals surface area contributed by atoms with Crippen LogP contribution in [0.5, 0.6) is 0 Å². The minimum absolute atomic E-state index is 0.0974. The van der Waals surface area contributed by atoms with Crippen LogP contribution in [-0.4, -0.2) is 20.7 Å². The van der Waals surface area contributed by atoms with Crippen LogP contribution in [0.25, 0.3) is 0 Å². The number of rotatable bonds is 7. The zero-order chi connectivity index (χ0) is 17.6. The molecule has 0 fully saturated rings. The highest BCUT2D eigenvalue weighted by molar-refractivity contribution is 6.99. The lowest BCUT2D eigenvalue weighted by Crippen LogP contribution is -2.67. The van der Waals surface area contributed by atoms with Crippen LogP contribution in [0.4, 0.5) is 0 Å². The quantitative estimate of drug-likeness (QED) is 0.437. The second kappa shape index (κ2) is 7.73. The van der Waals surface area contributed by atoms with Gasteiger partial charge in [-0.25, -0.2) is 0 Å². The van der Waals surface area contributed by atoms with Crippen molar-refractivity contribution >= 4 is 25.0 Å². The fraction of sp³-hybridized carbons (Fsp3) is 0.286. The van der Waals surface area contributed by atoms with Gasteiger partial charge in [0.15, 0.2) is 0 Å². The molecule has 0 radical (unpaired) electrons. The molecule has 0 aromatic heterocycles. The highest BCUT2D eigenvalue weighted by atomic mass is 28.4. The number of hydrogen-bond acceptors (Lipinski definition) is 2. The van der Waals surface area contributed by atoms with E-state index in [1.165, 1.54) is 10.4 Å². The average Bonchev–Trinajstić information content (AvgIpc) is 2.59. The van der Waals surface area contributed by atoms with Crippen molar-refractivity contribution in [1.29, 1.82) is 0 Å². The maximum atomic E-state index is 11.1. The van der Waals surface area contributed by atoms with Gasteiger partial charge < -0.3 is 9.22 Å². The Morgan fingerprint density at radius 2 is 1.46 bits per heavy atom. The van der Waals surface area contributed by atoms with E-state index < -0.39 is 8.32 Å². The molecule has 0 heterocycles. The fourth-order valence-corrected chi connectivity index (χ4v) is 7.87. The van der Waals surface area contributed by atoms with Gasteiger partial charge in [0, 0.05) is 6.42 Å². The first-order chi connectivity index (χ1) is 11.5. The minimum Gasteiger partial charge on any atom is -0.401 e. The van der Waals surface area contributed by atoms with Gasteiger partial charge in [0.05, 0.1) is 6.10 Å². The number of benzene rings is 2. The maximum Gasteiger partial charge on any atom is 0.261 e. The van der Waals surface area contributed by atoms with Crippen LogP contribution >= 0.6 is 0 Å². The lowest BCUT2D eigenvalue weighted by atomic mass is 10.2. The molecule has 2 aromatic carbocycles. The SMILES string of the molecule is C=CC(CC=O)O[Si](c1ccccc1)(c1ccccc1)C(C)(C)C. The fourth-order valence-electron chi connectivity index (χ4n) is 3.21. The molecular formula is C21H26O2Si. The second-order valence-electron chi connectivity index (χ2n) is 6.96. The van der Waals surface area contributed by atoms with E-state index in [-0.39, 0.29) is 11.1 Å². The van der Waals surface area contributed by atoms with Crippen LogP contribution in [0.2, 0.25) is 5.04 Å². The Hall–Kier alpha value is -1.97. The highest BCUT2D eigenvalue weighted by Crippen LogP contribution is 2.37. The first-order valence-electron chi connectivity index (χ1n) is 8.30. The molecule has 0 spiro atoms. The summed E-state index contributed by atoms with van der Waals surface area (Å²) < 4.78 is 6.75. The molecule has 0 aliphatic rings.